The fourth-order valence-electron chi connectivity index (χ4n) is 1.70. The molecule has 0 amide bonds. The minimum atomic E-state index is -0.588. The first-order chi connectivity index (χ1) is 10.2. The van der Waals surface area contributed by atoms with E-state index in [2.05, 4.69) is 4.98 Å². The van der Waals surface area contributed by atoms with E-state index < -0.39 is 6.10 Å². The number of thiazole rings is 1. The van der Waals surface area contributed by atoms with Gasteiger partial charge >= 0.3 is 5.97 Å². The molecule has 0 aliphatic rings. The SMILES string of the molecule is CCc1nc(COC(=O)C(C)OCc2ccccc2)cs1. The lowest BCUT2D eigenvalue weighted by molar-refractivity contribution is -0.158. The van der Waals surface area contributed by atoms with E-state index in [1.54, 1.807) is 18.3 Å². The Morgan fingerprint density at radius 3 is 2.71 bits per heavy atom. The first-order valence-corrected chi connectivity index (χ1v) is 7.82. The van der Waals surface area contributed by atoms with Crippen LogP contribution in [-0.2, 0) is 33.9 Å². The Kier molecular flexibility index (Phi) is 5.90. The molecule has 2 aromatic rings. The second-order valence-electron chi connectivity index (χ2n) is 4.63. The lowest BCUT2D eigenvalue weighted by Gasteiger charge is -2.12. The molecule has 1 unspecified atom stereocenters. The van der Waals surface area contributed by atoms with E-state index in [0.29, 0.717) is 6.61 Å². The summed E-state index contributed by atoms with van der Waals surface area (Å²) in [7, 11) is 0. The van der Waals surface area contributed by atoms with Gasteiger partial charge in [-0.05, 0) is 18.9 Å². The van der Waals surface area contributed by atoms with E-state index in [1.165, 1.54) is 0 Å². The summed E-state index contributed by atoms with van der Waals surface area (Å²) >= 11 is 1.58. The lowest BCUT2D eigenvalue weighted by atomic mass is 10.2. The number of carbonyl (C=O) groups is 1. The molecule has 21 heavy (non-hydrogen) atoms. The molecule has 0 aliphatic heterocycles. The van der Waals surface area contributed by atoms with Crippen LogP contribution in [0.25, 0.3) is 0 Å². The standard InChI is InChI=1S/C16H19NO3S/c1-3-15-17-14(11-21-15)10-20-16(18)12(2)19-9-13-7-5-4-6-8-13/h4-8,11-12H,3,9-10H2,1-2H3. The van der Waals surface area contributed by atoms with Crippen molar-refractivity contribution < 1.29 is 14.3 Å². The predicted octanol–water partition coefficient (Wildman–Crippen LogP) is 3.35. The number of aryl methyl sites for hydroxylation is 1. The van der Waals surface area contributed by atoms with Gasteiger partial charge in [-0.1, -0.05) is 37.3 Å². The summed E-state index contributed by atoms with van der Waals surface area (Å²) in [5.74, 6) is -0.364. The Morgan fingerprint density at radius 1 is 1.29 bits per heavy atom. The van der Waals surface area contributed by atoms with Crippen molar-refractivity contribution in [2.45, 2.75) is 39.6 Å². The smallest absolute Gasteiger partial charge is 0.335 e. The van der Waals surface area contributed by atoms with Crippen molar-refractivity contribution in [3.05, 3.63) is 52.0 Å². The monoisotopic (exact) mass is 305 g/mol. The van der Waals surface area contributed by atoms with Crippen LogP contribution >= 0.6 is 11.3 Å². The molecule has 1 aromatic heterocycles. The summed E-state index contributed by atoms with van der Waals surface area (Å²) in [6, 6.07) is 9.74. The lowest BCUT2D eigenvalue weighted by Crippen LogP contribution is -2.23. The second kappa shape index (κ2) is 7.90. The van der Waals surface area contributed by atoms with Crippen LogP contribution in [0.3, 0.4) is 0 Å². The van der Waals surface area contributed by atoms with Crippen molar-refractivity contribution in [1.82, 2.24) is 4.98 Å². The van der Waals surface area contributed by atoms with Crippen molar-refractivity contribution in [3.8, 4) is 0 Å². The van der Waals surface area contributed by atoms with Gasteiger partial charge in [0.15, 0.2) is 6.10 Å². The van der Waals surface area contributed by atoms with Gasteiger partial charge in [0.2, 0.25) is 0 Å². The highest BCUT2D eigenvalue weighted by atomic mass is 32.1. The summed E-state index contributed by atoms with van der Waals surface area (Å²) in [5, 5.41) is 2.97. The van der Waals surface area contributed by atoms with Gasteiger partial charge in [0, 0.05) is 5.38 Å². The van der Waals surface area contributed by atoms with Crippen molar-refractivity contribution in [2.24, 2.45) is 0 Å². The summed E-state index contributed by atoms with van der Waals surface area (Å²) in [4.78, 5) is 16.2. The first kappa shape index (κ1) is 15.7. The van der Waals surface area contributed by atoms with Gasteiger partial charge in [0.1, 0.15) is 6.61 Å². The summed E-state index contributed by atoms with van der Waals surface area (Å²) in [6.07, 6.45) is 0.310. The van der Waals surface area contributed by atoms with Crippen molar-refractivity contribution in [2.75, 3.05) is 0 Å². The van der Waals surface area contributed by atoms with Gasteiger partial charge in [-0.25, -0.2) is 9.78 Å². The van der Waals surface area contributed by atoms with Gasteiger partial charge < -0.3 is 9.47 Å². The molecule has 2 rings (SSSR count). The summed E-state index contributed by atoms with van der Waals surface area (Å²) < 4.78 is 10.7. The third-order valence-corrected chi connectivity index (χ3v) is 3.98. The zero-order chi connectivity index (χ0) is 15.1. The van der Waals surface area contributed by atoms with Crippen LogP contribution in [-0.4, -0.2) is 17.1 Å². The highest BCUT2D eigenvalue weighted by Crippen LogP contribution is 2.12. The van der Waals surface area contributed by atoms with Crippen LogP contribution in [0, 0.1) is 0 Å². The number of ether oxygens (including phenoxy) is 2. The van der Waals surface area contributed by atoms with E-state index in [1.807, 2.05) is 42.6 Å². The number of nitrogens with zero attached hydrogens (tertiary/aromatic N) is 1. The van der Waals surface area contributed by atoms with Crippen molar-refractivity contribution in [3.63, 3.8) is 0 Å². The molecular weight excluding hydrogens is 286 g/mol. The normalized spacial score (nSPS) is 12.1. The van der Waals surface area contributed by atoms with E-state index in [4.69, 9.17) is 9.47 Å². The van der Waals surface area contributed by atoms with Crippen molar-refractivity contribution in [1.29, 1.82) is 0 Å². The summed E-state index contributed by atoms with van der Waals surface area (Å²) in [6.45, 7) is 4.35. The van der Waals surface area contributed by atoms with Crippen LogP contribution in [0.15, 0.2) is 35.7 Å². The van der Waals surface area contributed by atoms with Gasteiger partial charge in [-0.3, -0.25) is 0 Å². The Hall–Kier alpha value is -1.72. The second-order valence-corrected chi connectivity index (χ2v) is 5.58. The van der Waals surface area contributed by atoms with Crippen molar-refractivity contribution >= 4 is 17.3 Å². The Morgan fingerprint density at radius 2 is 2.05 bits per heavy atom. The van der Waals surface area contributed by atoms with Crippen LogP contribution in [0.2, 0.25) is 0 Å². The number of hydrogen-bond acceptors (Lipinski definition) is 5. The number of benzene rings is 1. The molecule has 1 heterocycles. The third kappa shape index (κ3) is 4.95. The zero-order valence-electron chi connectivity index (χ0n) is 12.2. The van der Waals surface area contributed by atoms with Crippen LogP contribution in [0.5, 0.6) is 0 Å². The Balaban J connectivity index is 1.74. The van der Waals surface area contributed by atoms with E-state index in [0.717, 1.165) is 22.7 Å². The molecule has 0 spiro atoms. The maximum absolute atomic E-state index is 11.8. The molecule has 5 heteroatoms. The molecule has 112 valence electrons. The van der Waals surface area contributed by atoms with Gasteiger partial charge in [0.25, 0.3) is 0 Å². The largest absolute Gasteiger partial charge is 0.457 e. The molecule has 1 aromatic carbocycles. The number of aromatic nitrogens is 1. The van der Waals surface area contributed by atoms with Crippen LogP contribution in [0.4, 0.5) is 0 Å². The van der Waals surface area contributed by atoms with Crippen LogP contribution < -0.4 is 0 Å². The Bertz CT molecular complexity index is 568. The molecule has 0 saturated heterocycles. The zero-order valence-corrected chi connectivity index (χ0v) is 13.1. The first-order valence-electron chi connectivity index (χ1n) is 6.94. The fourth-order valence-corrected chi connectivity index (χ4v) is 2.43. The highest BCUT2D eigenvalue weighted by molar-refractivity contribution is 7.09. The number of carbonyl (C=O) groups excluding carboxylic acids is 1. The van der Waals surface area contributed by atoms with Gasteiger partial charge in [-0.15, -0.1) is 11.3 Å². The maximum Gasteiger partial charge on any atom is 0.335 e. The fraction of sp³-hybridized carbons (Fsp3) is 0.375. The molecule has 0 bridgehead atoms. The third-order valence-electron chi connectivity index (χ3n) is 2.94. The molecule has 0 N–H and O–H groups in total. The average Bonchev–Trinajstić information content (AvgIpc) is 2.99. The van der Waals surface area contributed by atoms with Crippen LogP contribution in [0.1, 0.15) is 30.1 Å². The minimum Gasteiger partial charge on any atom is -0.457 e. The molecular formula is C16H19NO3S. The van der Waals surface area contributed by atoms with Gasteiger partial charge in [-0.2, -0.15) is 0 Å². The highest BCUT2D eigenvalue weighted by Gasteiger charge is 2.15. The van der Waals surface area contributed by atoms with E-state index >= 15 is 0 Å². The number of rotatable bonds is 7. The Labute approximate surface area is 128 Å². The summed E-state index contributed by atoms with van der Waals surface area (Å²) in [5.41, 5.74) is 1.82. The predicted molar refractivity (Wildman–Crippen MR) is 82.0 cm³/mol. The molecule has 0 fully saturated rings. The molecule has 0 radical (unpaired) electrons. The minimum absolute atomic E-state index is 0.203. The number of esters is 1. The average molecular weight is 305 g/mol. The van der Waals surface area contributed by atoms with E-state index in [-0.39, 0.29) is 12.6 Å². The maximum atomic E-state index is 11.8. The molecule has 0 saturated carbocycles. The van der Waals surface area contributed by atoms with Gasteiger partial charge in [0.05, 0.1) is 17.3 Å². The van der Waals surface area contributed by atoms with E-state index in [9.17, 15) is 4.79 Å². The number of hydrogen-bond donors (Lipinski definition) is 0. The molecule has 0 aliphatic carbocycles. The molecule has 4 nitrogen and oxygen atoms in total. The quantitative estimate of drug-likeness (QED) is 0.736. The molecule has 1 atom stereocenters. The topological polar surface area (TPSA) is 48.4 Å².